The Hall–Kier alpha value is -5.60. The van der Waals surface area contributed by atoms with Gasteiger partial charge in [0.15, 0.2) is 0 Å². The van der Waals surface area contributed by atoms with Gasteiger partial charge < -0.3 is 9.88 Å². The van der Waals surface area contributed by atoms with E-state index < -0.39 is 0 Å². The van der Waals surface area contributed by atoms with Crippen LogP contribution in [0.25, 0.3) is 60.5 Å². The fourth-order valence-electron chi connectivity index (χ4n) is 7.52. The first kappa shape index (κ1) is 25.9. The van der Waals surface area contributed by atoms with Gasteiger partial charge in [0.1, 0.15) is 0 Å². The van der Waals surface area contributed by atoms with E-state index in [0.29, 0.717) is 0 Å². The molecule has 8 aromatic rings. The molecule has 45 heavy (non-hydrogen) atoms. The molecule has 0 radical (unpaired) electrons. The summed E-state index contributed by atoms with van der Waals surface area (Å²) in [6.45, 7) is 4.71. The van der Waals surface area contributed by atoms with Gasteiger partial charge in [-0.1, -0.05) is 111 Å². The third kappa shape index (κ3) is 3.96. The van der Waals surface area contributed by atoms with Crippen LogP contribution in [0.4, 0.5) is 11.4 Å². The van der Waals surface area contributed by atoms with Crippen LogP contribution in [0.5, 0.6) is 0 Å². The van der Waals surface area contributed by atoms with E-state index in [1.807, 2.05) is 0 Å². The molecule has 1 aliphatic carbocycles. The lowest BCUT2D eigenvalue weighted by molar-refractivity contribution is 0.661. The number of fused-ring (bicyclic) bond motifs is 7. The quantitative estimate of drug-likeness (QED) is 0.220. The Morgan fingerprint density at radius 2 is 1.16 bits per heavy atom. The Balaban J connectivity index is 1.17. The van der Waals surface area contributed by atoms with Crippen molar-refractivity contribution in [1.82, 2.24) is 4.57 Å². The zero-order valence-corrected chi connectivity index (χ0v) is 25.4. The Labute approximate surface area is 263 Å². The summed E-state index contributed by atoms with van der Waals surface area (Å²) in [6.07, 6.45) is 0. The predicted molar refractivity (Wildman–Crippen MR) is 191 cm³/mol. The van der Waals surface area contributed by atoms with E-state index >= 15 is 0 Å². The standard InChI is InChI=1S/C43H32N2/c1-43(2)39-18-9-8-16-35(39)36-26-38-37-25-31(23-24-41(37)45(42(38)27-40(36)43)32-13-4-3-5-14-32)44-30-21-19-29(20-22-30)34-17-10-12-28-11-6-7-15-33(28)34/h3-27,44H,1-2H3. The second-order valence-electron chi connectivity index (χ2n) is 12.7. The van der Waals surface area contributed by atoms with Gasteiger partial charge in [0.25, 0.3) is 0 Å². The summed E-state index contributed by atoms with van der Waals surface area (Å²) in [5.74, 6) is 0. The third-order valence-electron chi connectivity index (χ3n) is 9.76. The van der Waals surface area contributed by atoms with Crippen LogP contribution in [0.15, 0.2) is 152 Å². The Kier molecular flexibility index (Phi) is 5.58. The number of anilines is 2. The van der Waals surface area contributed by atoms with Crippen LogP contribution in [0.2, 0.25) is 0 Å². The van der Waals surface area contributed by atoms with Crippen molar-refractivity contribution in [3.8, 4) is 27.9 Å². The normalized spacial score (nSPS) is 13.3. The highest BCUT2D eigenvalue weighted by Crippen LogP contribution is 2.51. The number of benzene rings is 7. The second-order valence-corrected chi connectivity index (χ2v) is 12.7. The average molecular weight is 577 g/mol. The molecule has 1 N–H and O–H groups in total. The number of nitrogens with one attached hydrogen (secondary N) is 1. The molecular weight excluding hydrogens is 544 g/mol. The number of hydrogen-bond acceptors (Lipinski definition) is 1. The van der Waals surface area contributed by atoms with E-state index in [2.05, 4.69) is 175 Å². The van der Waals surface area contributed by atoms with Gasteiger partial charge in [0.2, 0.25) is 0 Å². The molecule has 2 heteroatoms. The number of nitrogens with zero attached hydrogens (tertiary/aromatic N) is 1. The molecule has 1 heterocycles. The summed E-state index contributed by atoms with van der Waals surface area (Å²) in [4.78, 5) is 0. The van der Waals surface area contributed by atoms with Crippen LogP contribution in [-0.2, 0) is 5.41 Å². The second kappa shape index (κ2) is 9.70. The van der Waals surface area contributed by atoms with Crippen molar-refractivity contribution in [2.45, 2.75) is 19.3 Å². The summed E-state index contributed by atoms with van der Waals surface area (Å²) in [5.41, 5.74) is 13.7. The predicted octanol–water partition coefficient (Wildman–Crippen LogP) is 11.7. The van der Waals surface area contributed by atoms with Crippen LogP contribution in [0.1, 0.15) is 25.0 Å². The van der Waals surface area contributed by atoms with Crippen LogP contribution < -0.4 is 5.32 Å². The van der Waals surface area contributed by atoms with Crippen molar-refractivity contribution in [2.75, 3.05) is 5.32 Å². The summed E-state index contributed by atoms with van der Waals surface area (Å²) in [7, 11) is 0. The third-order valence-corrected chi connectivity index (χ3v) is 9.76. The average Bonchev–Trinajstić information content (AvgIpc) is 3.52. The van der Waals surface area contributed by atoms with Crippen LogP contribution in [-0.4, -0.2) is 4.57 Å². The highest BCUT2D eigenvalue weighted by Gasteiger charge is 2.36. The zero-order chi connectivity index (χ0) is 30.1. The molecule has 0 saturated heterocycles. The van der Waals surface area contributed by atoms with E-state index in [0.717, 1.165) is 11.4 Å². The molecule has 0 aliphatic heterocycles. The largest absolute Gasteiger partial charge is 0.356 e. The first-order chi connectivity index (χ1) is 22.1. The first-order valence-electron chi connectivity index (χ1n) is 15.7. The molecule has 9 rings (SSSR count). The minimum atomic E-state index is -0.0526. The highest BCUT2D eigenvalue weighted by molar-refractivity contribution is 6.12. The van der Waals surface area contributed by atoms with Crippen molar-refractivity contribution in [2.24, 2.45) is 0 Å². The topological polar surface area (TPSA) is 17.0 Å². The van der Waals surface area contributed by atoms with Crippen molar-refractivity contribution >= 4 is 44.0 Å². The molecule has 2 nitrogen and oxygen atoms in total. The molecule has 0 unspecified atom stereocenters. The van der Waals surface area contributed by atoms with E-state index in [-0.39, 0.29) is 5.41 Å². The van der Waals surface area contributed by atoms with Crippen LogP contribution in [0.3, 0.4) is 0 Å². The minimum Gasteiger partial charge on any atom is -0.356 e. The van der Waals surface area contributed by atoms with Gasteiger partial charge in [-0.25, -0.2) is 0 Å². The Bertz CT molecular complexity index is 2410. The summed E-state index contributed by atoms with van der Waals surface area (Å²) >= 11 is 0. The van der Waals surface area contributed by atoms with Gasteiger partial charge in [-0.05, 0) is 98.8 Å². The Morgan fingerprint density at radius 3 is 2.02 bits per heavy atom. The fourth-order valence-corrected chi connectivity index (χ4v) is 7.52. The molecule has 0 fully saturated rings. The molecule has 1 aliphatic rings. The zero-order valence-electron chi connectivity index (χ0n) is 25.4. The van der Waals surface area contributed by atoms with Crippen molar-refractivity contribution < 1.29 is 0 Å². The van der Waals surface area contributed by atoms with Crippen molar-refractivity contribution in [3.63, 3.8) is 0 Å². The molecule has 1 aromatic heterocycles. The van der Waals surface area contributed by atoms with E-state index in [1.54, 1.807) is 0 Å². The molecule has 0 amide bonds. The number of aromatic nitrogens is 1. The highest BCUT2D eigenvalue weighted by atomic mass is 15.0. The molecule has 7 aromatic carbocycles. The smallest absolute Gasteiger partial charge is 0.0544 e. The first-order valence-corrected chi connectivity index (χ1v) is 15.7. The molecule has 0 atom stereocenters. The summed E-state index contributed by atoms with van der Waals surface area (Å²) < 4.78 is 2.42. The van der Waals surface area contributed by atoms with E-state index in [1.165, 1.54) is 71.6 Å². The number of hydrogen-bond donors (Lipinski definition) is 1. The van der Waals surface area contributed by atoms with Crippen LogP contribution in [0, 0.1) is 0 Å². The molecular formula is C43H32N2. The molecule has 0 spiro atoms. The number of para-hydroxylation sites is 1. The van der Waals surface area contributed by atoms with Crippen molar-refractivity contribution in [3.05, 3.63) is 163 Å². The maximum atomic E-state index is 3.70. The van der Waals surface area contributed by atoms with E-state index in [9.17, 15) is 0 Å². The molecule has 214 valence electrons. The van der Waals surface area contributed by atoms with Gasteiger partial charge >= 0.3 is 0 Å². The molecule has 0 saturated carbocycles. The summed E-state index contributed by atoms with van der Waals surface area (Å²) in [6, 6.07) is 55.2. The fraction of sp³-hybridized carbons (Fsp3) is 0.0698. The van der Waals surface area contributed by atoms with Gasteiger partial charge in [-0.3, -0.25) is 0 Å². The SMILES string of the molecule is CC1(C)c2ccccc2-c2cc3c4cc(Nc5ccc(-c6cccc7ccccc67)cc5)ccc4n(-c4ccccc4)c3cc21. The maximum Gasteiger partial charge on any atom is 0.0544 e. The lowest BCUT2D eigenvalue weighted by atomic mass is 9.82. The monoisotopic (exact) mass is 576 g/mol. The van der Waals surface area contributed by atoms with E-state index in [4.69, 9.17) is 0 Å². The van der Waals surface area contributed by atoms with Crippen LogP contribution >= 0.6 is 0 Å². The van der Waals surface area contributed by atoms with Gasteiger partial charge in [0.05, 0.1) is 11.0 Å². The van der Waals surface area contributed by atoms with Gasteiger partial charge in [-0.15, -0.1) is 0 Å². The maximum absolute atomic E-state index is 3.70. The summed E-state index contributed by atoms with van der Waals surface area (Å²) in [5, 5.41) is 8.76. The Morgan fingerprint density at radius 1 is 0.467 bits per heavy atom. The van der Waals surface area contributed by atoms with Crippen molar-refractivity contribution in [1.29, 1.82) is 0 Å². The lowest BCUT2D eigenvalue weighted by Gasteiger charge is -2.21. The number of rotatable bonds is 4. The van der Waals surface area contributed by atoms with Gasteiger partial charge in [-0.2, -0.15) is 0 Å². The minimum absolute atomic E-state index is 0.0526. The van der Waals surface area contributed by atoms with Gasteiger partial charge in [0, 0.05) is 33.2 Å². The molecule has 0 bridgehead atoms. The lowest BCUT2D eigenvalue weighted by Crippen LogP contribution is -2.14.